The summed E-state index contributed by atoms with van der Waals surface area (Å²) in [6.07, 6.45) is 6.12. The van der Waals surface area contributed by atoms with Gasteiger partial charge in [0.15, 0.2) is 5.69 Å². The number of piperidine rings is 1. The highest BCUT2D eigenvalue weighted by Crippen LogP contribution is 2.22. The highest BCUT2D eigenvalue weighted by molar-refractivity contribution is 5.86. The molecule has 0 radical (unpaired) electrons. The smallest absolute Gasteiger partial charge is 0.358 e. The monoisotopic (exact) mass is 251 g/mol. The van der Waals surface area contributed by atoms with Crippen LogP contribution >= 0.6 is 0 Å². The van der Waals surface area contributed by atoms with Crippen molar-refractivity contribution in [2.24, 2.45) is 0 Å². The van der Waals surface area contributed by atoms with E-state index in [1.54, 1.807) is 6.20 Å². The summed E-state index contributed by atoms with van der Waals surface area (Å²) < 4.78 is 4.57. The Bertz CT molecular complexity index is 408. The number of aliphatic hydroxyl groups excluding tert-OH is 1. The molecule has 1 fully saturated rings. The number of anilines is 1. The van der Waals surface area contributed by atoms with Crippen molar-refractivity contribution in [3.63, 3.8) is 0 Å². The van der Waals surface area contributed by atoms with Crippen molar-refractivity contribution in [1.82, 2.24) is 9.97 Å². The topological polar surface area (TPSA) is 75.5 Å². The van der Waals surface area contributed by atoms with Crippen LogP contribution in [0, 0.1) is 0 Å². The van der Waals surface area contributed by atoms with Gasteiger partial charge in [0.25, 0.3) is 0 Å². The zero-order valence-corrected chi connectivity index (χ0v) is 10.4. The van der Waals surface area contributed by atoms with Crippen LogP contribution in [-0.4, -0.2) is 47.3 Å². The molecule has 0 amide bonds. The Morgan fingerprint density at radius 1 is 1.50 bits per heavy atom. The van der Waals surface area contributed by atoms with Gasteiger partial charge in [-0.25, -0.2) is 14.8 Å². The maximum absolute atomic E-state index is 11.2. The second-order valence-corrected chi connectivity index (χ2v) is 4.28. The first-order valence-electron chi connectivity index (χ1n) is 6.04. The van der Waals surface area contributed by atoms with Crippen LogP contribution in [0.1, 0.15) is 29.8 Å². The van der Waals surface area contributed by atoms with Gasteiger partial charge in [0.2, 0.25) is 0 Å². The third-order valence-corrected chi connectivity index (χ3v) is 3.16. The van der Waals surface area contributed by atoms with Crippen LogP contribution in [0.15, 0.2) is 12.4 Å². The van der Waals surface area contributed by atoms with E-state index in [0.717, 1.165) is 25.8 Å². The van der Waals surface area contributed by atoms with Crippen molar-refractivity contribution in [3.05, 3.63) is 18.1 Å². The normalized spacial score (nSPS) is 19.7. The van der Waals surface area contributed by atoms with Crippen LogP contribution in [0.2, 0.25) is 0 Å². The maximum atomic E-state index is 11.2. The van der Waals surface area contributed by atoms with Gasteiger partial charge in [0.1, 0.15) is 5.82 Å². The number of ether oxygens (including phenoxy) is 1. The molecule has 2 rings (SSSR count). The molecule has 1 unspecified atom stereocenters. The summed E-state index contributed by atoms with van der Waals surface area (Å²) >= 11 is 0. The number of methoxy groups -OCH3 is 1. The van der Waals surface area contributed by atoms with E-state index in [2.05, 4.69) is 14.7 Å². The molecule has 1 aliphatic rings. The molecule has 0 aromatic carbocycles. The van der Waals surface area contributed by atoms with E-state index in [-0.39, 0.29) is 18.3 Å². The number of aliphatic hydroxyl groups is 1. The maximum Gasteiger partial charge on any atom is 0.358 e. The molecule has 2 heterocycles. The van der Waals surface area contributed by atoms with E-state index in [4.69, 9.17) is 0 Å². The summed E-state index contributed by atoms with van der Waals surface area (Å²) in [5, 5.41) is 9.34. The lowest BCUT2D eigenvalue weighted by molar-refractivity contribution is 0.0593. The second-order valence-electron chi connectivity index (χ2n) is 4.28. The summed E-state index contributed by atoms with van der Waals surface area (Å²) in [7, 11) is 1.31. The minimum Gasteiger partial charge on any atom is -0.464 e. The molecular weight excluding hydrogens is 234 g/mol. The Kier molecular flexibility index (Phi) is 4.09. The number of carbonyl (C=O) groups excluding carboxylic acids is 1. The molecule has 1 atom stereocenters. The van der Waals surface area contributed by atoms with Crippen molar-refractivity contribution in [1.29, 1.82) is 0 Å². The fraction of sp³-hybridized carbons (Fsp3) is 0.583. The molecule has 6 heteroatoms. The van der Waals surface area contributed by atoms with Crippen molar-refractivity contribution in [2.75, 3.05) is 25.2 Å². The fourth-order valence-corrected chi connectivity index (χ4v) is 2.17. The molecule has 1 saturated heterocycles. The van der Waals surface area contributed by atoms with E-state index >= 15 is 0 Å². The molecule has 6 nitrogen and oxygen atoms in total. The lowest BCUT2D eigenvalue weighted by atomic mass is 10.0. The first-order chi connectivity index (χ1) is 8.76. The van der Waals surface area contributed by atoms with Crippen molar-refractivity contribution < 1.29 is 14.6 Å². The van der Waals surface area contributed by atoms with Crippen molar-refractivity contribution >= 4 is 11.8 Å². The molecule has 1 aromatic heterocycles. The number of hydrogen-bond donors (Lipinski definition) is 1. The molecule has 1 N–H and O–H groups in total. The lowest BCUT2D eigenvalue weighted by Gasteiger charge is -2.35. The first kappa shape index (κ1) is 12.8. The van der Waals surface area contributed by atoms with Crippen molar-refractivity contribution in [3.8, 4) is 0 Å². The largest absolute Gasteiger partial charge is 0.464 e. The number of hydrogen-bond acceptors (Lipinski definition) is 6. The highest BCUT2D eigenvalue weighted by atomic mass is 16.5. The Morgan fingerprint density at radius 3 is 2.94 bits per heavy atom. The van der Waals surface area contributed by atoms with Gasteiger partial charge in [-0.2, -0.15) is 0 Å². The predicted molar refractivity (Wildman–Crippen MR) is 65.4 cm³/mol. The van der Waals surface area contributed by atoms with E-state index in [9.17, 15) is 9.90 Å². The van der Waals surface area contributed by atoms with Crippen LogP contribution in [0.5, 0.6) is 0 Å². The second kappa shape index (κ2) is 5.77. The number of aromatic nitrogens is 2. The van der Waals surface area contributed by atoms with E-state index < -0.39 is 5.97 Å². The Labute approximate surface area is 106 Å². The van der Waals surface area contributed by atoms with Gasteiger partial charge >= 0.3 is 5.97 Å². The molecule has 1 aliphatic heterocycles. The van der Waals surface area contributed by atoms with Crippen LogP contribution in [0.3, 0.4) is 0 Å². The molecule has 0 bridgehead atoms. The fourth-order valence-electron chi connectivity index (χ4n) is 2.17. The molecule has 1 aromatic rings. The summed E-state index contributed by atoms with van der Waals surface area (Å²) in [5.41, 5.74) is 0.193. The van der Waals surface area contributed by atoms with Crippen LogP contribution in [0.25, 0.3) is 0 Å². The van der Waals surface area contributed by atoms with Crippen LogP contribution in [0.4, 0.5) is 5.82 Å². The SMILES string of the molecule is COC(=O)c1cnc(N2CCCCC2CO)cn1. The third-order valence-electron chi connectivity index (χ3n) is 3.16. The number of carbonyl (C=O) groups is 1. The summed E-state index contributed by atoms with van der Waals surface area (Å²) in [6, 6.07) is 0.0945. The molecule has 98 valence electrons. The van der Waals surface area contributed by atoms with E-state index in [1.807, 2.05) is 4.90 Å². The van der Waals surface area contributed by atoms with Gasteiger partial charge in [0, 0.05) is 6.54 Å². The predicted octanol–water partition coefficient (Wildman–Crippen LogP) is 0.614. The summed E-state index contributed by atoms with van der Waals surface area (Å²) in [5.74, 6) is 0.202. The molecule has 0 aliphatic carbocycles. The number of nitrogens with zero attached hydrogens (tertiary/aromatic N) is 3. The van der Waals surface area contributed by atoms with E-state index in [1.165, 1.54) is 13.3 Å². The number of rotatable bonds is 3. The minimum absolute atomic E-state index is 0.0945. The Balaban J connectivity index is 2.15. The Hall–Kier alpha value is -1.69. The minimum atomic E-state index is -0.494. The molecule has 0 spiro atoms. The lowest BCUT2D eigenvalue weighted by Crippen LogP contribution is -2.42. The number of esters is 1. The van der Waals surface area contributed by atoms with Gasteiger partial charge < -0.3 is 14.7 Å². The average molecular weight is 251 g/mol. The molecule has 0 saturated carbocycles. The van der Waals surface area contributed by atoms with Crippen LogP contribution < -0.4 is 4.90 Å². The van der Waals surface area contributed by atoms with Gasteiger partial charge in [0.05, 0.1) is 32.2 Å². The van der Waals surface area contributed by atoms with E-state index in [0.29, 0.717) is 5.82 Å². The zero-order chi connectivity index (χ0) is 13.0. The third kappa shape index (κ3) is 2.59. The van der Waals surface area contributed by atoms with Gasteiger partial charge in [-0.3, -0.25) is 0 Å². The van der Waals surface area contributed by atoms with Gasteiger partial charge in [-0.05, 0) is 19.3 Å². The van der Waals surface area contributed by atoms with Crippen LogP contribution in [-0.2, 0) is 4.74 Å². The summed E-state index contributed by atoms with van der Waals surface area (Å²) in [4.78, 5) is 21.5. The summed E-state index contributed by atoms with van der Waals surface area (Å²) in [6.45, 7) is 0.970. The molecule has 18 heavy (non-hydrogen) atoms. The molecular formula is C12H17N3O3. The standard InChI is InChI=1S/C12H17N3O3/c1-18-12(17)10-6-14-11(7-13-10)15-5-3-2-4-9(15)8-16/h6-7,9,16H,2-5,8H2,1H3. The van der Waals surface area contributed by atoms with Gasteiger partial charge in [-0.15, -0.1) is 0 Å². The van der Waals surface area contributed by atoms with Crippen molar-refractivity contribution in [2.45, 2.75) is 25.3 Å². The van der Waals surface area contributed by atoms with Gasteiger partial charge in [-0.1, -0.05) is 0 Å². The Morgan fingerprint density at radius 2 is 2.33 bits per heavy atom. The zero-order valence-electron chi connectivity index (χ0n) is 10.4. The quantitative estimate of drug-likeness (QED) is 0.793. The highest BCUT2D eigenvalue weighted by Gasteiger charge is 2.23. The first-order valence-corrected chi connectivity index (χ1v) is 6.04. The average Bonchev–Trinajstić information content (AvgIpc) is 2.46.